The van der Waals surface area contributed by atoms with Gasteiger partial charge in [-0.2, -0.15) is 13.2 Å². The van der Waals surface area contributed by atoms with E-state index in [-0.39, 0.29) is 11.8 Å². The molecule has 0 unspecified atom stereocenters. The second-order valence-electron chi connectivity index (χ2n) is 6.75. The smallest absolute Gasteiger partial charge is 0.363 e. The molecule has 3 aromatic heterocycles. The van der Waals surface area contributed by atoms with Gasteiger partial charge in [0.1, 0.15) is 6.54 Å². The highest BCUT2D eigenvalue weighted by molar-refractivity contribution is 5.74. The zero-order chi connectivity index (χ0) is 18.5. The summed E-state index contributed by atoms with van der Waals surface area (Å²) in [6, 6.07) is 1.95. The monoisotopic (exact) mass is 364 g/mol. The van der Waals surface area contributed by atoms with Crippen LogP contribution < -0.4 is 5.32 Å². The van der Waals surface area contributed by atoms with Crippen molar-refractivity contribution in [3.05, 3.63) is 42.8 Å². The van der Waals surface area contributed by atoms with Crippen LogP contribution in [0.15, 0.2) is 37.1 Å². The second-order valence-corrected chi connectivity index (χ2v) is 6.75. The minimum absolute atomic E-state index is 0.134. The van der Waals surface area contributed by atoms with Gasteiger partial charge < -0.3 is 15.2 Å². The molecule has 0 saturated carbocycles. The molecule has 4 heterocycles. The predicted octanol–water partition coefficient (Wildman–Crippen LogP) is 2.87. The molecule has 138 valence electrons. The molecule has 3 aromatic rings. The Balaban J connectivity index is 1.60. The van der Waals surface area contributed by atoms with Crippen LogP contribution in [-0.4, -0.2) is 50.1 Å². The number of aromatic amines is 1. The molecular weight excluding hydrogens is 345 g/mol. The predicted molar refractivity (Wildman–Crippen MR) is 91.5 cm³/mol. The maximum absolute atomic E-state index is 12.4. The van der Waals surface area contributed by atoms with E-state index in [1.54, 1.807) is 6.20 Å². The zero-order valence-electron chi connectivity index (χ0n) is 14.2. The minimum atomic E-state index is -4.26. The summed E-state index contributed by atoms with van der Waals surface area (Å²) < 4.78 is 39.4. The molecule has 1 aliphatic heterocycles. The molecule has 4 rings (SSSR count). The van der Waals surface area contributed by atoms with Crippen molar-refractivity contribution in [3.63, 3.8) is 0 Å². The topological polar surface area (TPSA) is 61.2 Å². The van der Waals surface area contributed by atoms with E-state index in [2.05, 4.69) is 38.2 Å². The van der Waals surface area contributed by atoms with Crippen molar-refractivity contribution < 1.29 is 13.2 Å². The summed E-state index contributed by atoms with van der Waals surface area (Å²) in [5, 5.41) is 2.38. The third kappa shape index (κ3) is 2.87. The van der Waals surface area contributed by atoms with E-state index in [1.807, 2.05) is 23.4 Å². The van der Waals surface area contributed by atoms with Gasteiger partial charge in [0.2, 0.25) is 0 Å². The first-order valence-corrected chi connectivity index (χ1v) is 8.37. The van der Waals surface area contributed by atoms with Crippen molar-refractivity contribution >= 4 is 16.8 Å². The van der Waals surface area contributed by atoms with Crippen LogP contribution in [0.4, 0.5) is 13.2 Å². The fourth-order valence-corrected chi connectivity index (χ4v) is 3.64. The summed E-state index contributed by atoms with van der Waals surface area (Å²) in [5.74, 6) is 0.690. The lowest BCUT2D eigenvalue weighted by molar-refractivity contribution is -0.124. The van der Waals surface area contributed by atoms with Gasteiger partial charge in [-0.1, -0.05) is 13.5 Å². The molecule has 1 aliphatic rings. The third-order valence-corrected chi connectivity index (χ3v) is 4.94. The number of hydrogen-bond acceptors (Lipinski definition) is 4. The largest absolute Gasteiger partial charge is 0.405 e. The molecule has 1 fully saturated rings. The van der Waals surface area contributed by atoms with Crippen LogP contribution in [0, 0.1) is 5.92 Å². The Labute approximate surface area is 147 Å². The minimum Gasteiger partial charge on any atom is -0.363 e. The number of fused-ring (bicyclic) bond motifs is 3. The van der Waals surface area contributed by atoms with Crippen LogP contribution in [0.3, 0.4) is 0 Å². The number of nitrogens with one attached hydrogen (secondary N) is 2. The molecule has 26 heavy (non-hydrogen) atoms. The quantitative estimate of drug-likeness (QED) is 0.747. The number of aromatic nitrogens is 4. The van der Waals surface area contributed by atoms with Crippen LogP contribution in [0.5, 0.6) is 0 Å². The highest BCUT2D eigenvalue weighted by Crippen LogP contribution is 2.34. The number of likely N-dealkylation sites (tertiary alicyclic amines) is 1. The van der Waals surface area contributed by atoms with Gasteiger partial charge in [-0.3, -0.25) is 4.40 Å². The lowest BCUT2D eigenvalue weighted by atomic mass is 9.95. The first kappa shape index (κ1) is 16.7. The summed E-state index contributed by atoms with van der Waals surface area (Å²) in [6.45, 7) is 6.02. The van der Waals surface area contributed by atoms with Crippen molar-refractivity contribution in [2.75, 3.05) is 19.6 Å². The first-order chi connectivity index (χ1) is 12.3. The Hall–Kier alpha value is -2.71. The lowest BCUT2D eigenvalue weighted by Crippen LogP contribution is -2.35. The van der Waals surface area contributed by atoms with Gasteiger partial charge in [-0.15, -0.1) is 0 Å². The number of halogens is 3. The molecule has 0 aromatic carbocycles. The SMILES string of the molecule is C=C(NCC(F)(F)F)N1C[C@@H](C)[C@@H](c2cnc3cnc4[nH]ccc4n23)C1. The Morgan fingerprint density at radius 3 is 2.92 bits per heavy atom. The zero-order valence-corrected chi connectivity index (χ0v) is 14.2. The molecule has 0 aliphatic carbocycles. The summed E-state index contributed by atoms with van der Waals surface area (Å²) in [7, 11) is 0. The van der Waals surface area contributed by atoms with E-state index in [4.69, 9.17) is 0 Å². The highest BCUT2D eigenvalue weighted by atomic mass is 19.4. The standard InChI is InChI=1S/C17H19F3N6/c1-10-7-25(11(2)24-9-17(18,19)20)8-12(10)14-5-22-15-6-23-16-13(26(14)15)3-4-21-16/h3-6,10,12,21,24H,2,7-9H2,1H3/t10-,12+/m1/s1. The number of hydrogen-bond donors (Lipinski definition) is 2. The molecule has 6 nitrogen and oxygen atoms in total. The van der Waals surface area contributed by atoms with Gasteiger partial charge in [0.05, 0.1) is 17.5 Å². The first-order valence-electron chi connectivity index (χ1n) is 8.37. The second kappa shape index (κ2) is 5.93. The van der Waals surface area contributed by atoms with E-state index in [1.165, 1.54) is 0 Å². The van der Waals surface area contributed by atoms with E-state index in [9.17, 15) is 13.2 Å². The summed E-state index contributed by atoms with van der Waals surface area (Å²) in [5.41, 5.74) is 3.50. The summed E-state index contributed by atoms with van der Waals surface area (Å²) in [6.07, 6.45) is 1.11. The third-order valence-electron chi connectivity index (χ3n) is 4.94. The van der Waals surface area contributed by atoms with E-state index in [0.29, 0.717) is 18.9 Å². The van der Waals surface area contributed by atoms with Crippen LogP contribution in [0.2, 0.25) is 0 Å². The molecule has 0 bridgehead atoms. The summed E-state index contributed by atoms with van der Waals surface area (Å²) >= 11 is 0. The average molecular weight is 364 g/mol. The van der Waals surface area contributed by atoms with E-state index < -0.39 is 12.7 Å². The van der Waals surface area contributed by atoms with Gasteiger partial charge in [0.15, 0.2) is 11.3 Å². The van der Waals surface area contributed by atoms with Gasteiger partial charge in [0.25, 0.3) is 0 Å². The maximum Gasteiger partial charge on any atom is 0.405 e. The van der Waals surface area contributed by atoms with Crippen molar-refractivity contribution in [3.8, 4) is 0 Å². The average Bonchev–Trinajstić information content (AvgIpc) is 3.27. The fourth-order valence-electron chi connectivity index (χ4n) is 3.64. The lowest BCUT2D eigenvalue weighted by Gasteiger charge is -2.23. The number of nitrogens with zero attached hydrogens (tertiary/aromatic N) is 4. The Morgan fingerprint density at radius 2 is 2.15 bits per heavy atom. The van der Waals surface area contributed by atoms with Gasteiger partial charge >= 0.3 is 6.18 Å². The molecular formula is C17H19F3N6. The number of imidazole rings is 1. The molecule has 0 spiro atoms. The number of alkyl halides is 3. The van der Waals surface area contributed by atoms with Gasteiger partial charge in [-0.25, -0.2) is 9.97 Å². The molecule has 1 saturated heterocycles. The molecule has 2 N–H and O–H groups in total. The maximum atomic E-state index is 12.4. The van der Waals surface area contributed by atoms with Crippen molar-refractivity contribution in [2.24, 2.45) is 5.92 Å². The normalized spacial score (nSPS) is 21.0. The fraction of sp³-hybridized carbons (Fsp3) is 0.412. The van der Waals surface area contributed by atoms with Gasteiger partial charge in [-0.05, 0) is 12.0 Å². The van der Waals surface area contributed by atoms with Crippen LogP contribution >= 0.6 is 0 Å². The van der Waals surface area contributed by atoms with Crippen LogP contribution in [-0.2, 0) is 0 Å². The Bertz CT molecular complexity index is 956. The number of rotatable bonds is 4. The molecule has 0 radical (unpaired) electrons. The van der Waals surface area contributed by atoms with E-state index in [0.717, 1.165) is 22.5 Å². The Kier molecular flexibility index (Phi) is 3.82. The van der Waals surface area contributed by atoms with E-state index >= 15 is 0 Å². The Morgan fingerprint density at radius 1 is 1.35 bits per heavy atom. The van der Waals surface area contributed by atoms with Crippen molar-refractivity contribution in [1.29, 1.82) is 0 Å². The molecule has 2 atom stereocenters. The molecule has 9 heteroatoms. The van der Waals surface area contributed by atoms with Gasteiger partial charge in [0, 0.05) is 37.1 Å². The van der Waals surface area contributed by atoms with Crippen LogP contribution in [0.25, 0.3) is 16.8 Å². The highest BCUT2D eigenvalue weighted by Gasteiger charge is 2.35. The van der Waals surface area contributed by atoms with Crippen molar-refractivity contribution in [2.45, 2.75) is 19.0 Å². The number of H-pyrrole nitrogens is 1. The summed E-state index contributed by atoms with van der Waals surface area (Å²) in [4.78, 5) is 13.7. The van der Waals surface area contributed by atoms with Crippen LogP contribution in [0.1, 0.15) is 18.5 Å². The van der Waals surface area contributed by atoms with Crippen molar-refractivity contribution in [1.82, 2.24) is 29.6 Å². The molecule has 0 amide bonds.